The first-order chi connectivity index (χ1) is 12.4. The van der Waals surface area contributed by atoms with Crippen LogP contribution >= 0.6 is 0 Å². The lowest BCUT2D eigenvalue weighted by atomic mass is 10.1. The summed E-state index contributed by atoms with van der Waals surface area (Å²) in [6, 6.07) is 3.53. The molecule has 1 aromatic carbocycles. The Balaban J connectivity index is 1.89. The Morgan fingerprint density at radius 1 is 1.38 bits per heavy atom. The van der Waals surface area contributed by atoms with Crippen molar-refractivity contribution in [1.82, 2.24) is 14.9 Å². The molecule has 0 N–H and O–H groups in total. The van der Waals surface area contributed by atoms with Crippen LogP contribution in [0.15, 0.2) is 36.7 Å². The Bertz CT molecular complexity index is 858. The number of cyclic esters (lactones) is 1. The van der Waals surface area contributed by atoms with E-state index >= 15 is 0 Å². The van der Waals surface area contributed by atoms with E-state index in [9.17, 15) is 18.0 Å². The number of amides is 1. The average molecular weight is 365 g/mol. The number of hydrogen-bond acceptors (Lipinski definition) is 5. The average Bonchev–Trinajstić information content (AvgIpc) is 2.60. The summed E-state index contributed by atoms with van der Waals surface area (Å²) in [5.41, 5.74) is 1.81. The highest BCUT2D eigenvalue weighted by atomic mass is 19.3. The summed E-state index contributed by atoms with van der Waals surface area (Å²) in [6.45, 7) is -0.879. The minimum Gasteiger partial charge on any atom is -0.432 e. The highest BCUT2D eigenvalue weighted by Crippen LogP contribution is 2.27. The van der Waals surface area contributed by atoms with E-state index in [0.29, 0.717) is 29.2 Å². The van der Waals surface area contributed by atoms with Crippen molar-refractivity contribution in [3.05, 3.63) is 53.9 Å². The first-order valence-corrected chi connectivity index (χ1v) is 7.62. The molecule has 0 fully saturated rings. The number of aryl methyl sites for hydroxylation is 1. The molecule has 1 aliphatic rings. The highest BCUT2D eigenvalue weighted by molar-refractivity contribution is 5.69. The maximum Gasteiger partial charge on any atom is 0.415 e. The van der Waals surface area contributed by atoms with Crippen molar-refractivity contribution in [2.24, 2.45) is 0 Å². The van der Waals surface area contributed by atoms with Crippen molar-refractivity contribution >= 4 is 6.09 Å². The molecule has 136 valence electrons. The van der Waals surface area contributed by atoms with E-state index in [2.05, 4.69) is 14.7 Å². The van der Waals surface area contributed by atoms with Crippen molar-refractivity contribution in [3.63, 3.8) is 0 Å². The molecule has 2 aromatic rings. The molecule has 1 aliphatic heterocycles. The van der Waals surface area contributed by atoms with Gasteiger partial charge in [-0.2, -0.15) is 8.78 Å². The molecule has 3 rings (SSSR count). The van der Waals surface area contributed by atoms with E-state index in [4.69, 9.17) is 4.74 Å². The molecule has 6 nitrogen and oxygen atoms in total. The second kappa shape index (κ2) is 7.42. The van der Waals surface area contributed by atoms with Crippen LogP contribution in [0.25, 0.3) is 11.3 Å². The van der Waals surface area contributed by atoms with E-state index in [1.807, 2.05) is 0 Å². The van der Waals surface area contributed by atoms with E-state index in [1.54, 1.807) is 13.0 Å². The number of benzene rings is 1. The Morgan fingerprint density at radius 3 is 2.92 bits per heavy atom. The second-order valence-corrected chi connectivity index (χ2v) is 5.45. The van der Waals surface area contributed by atoms with Crippen LogP contribution in [-0.2, 0) is 11.3 Å². The van der Waals surface area contributed by atoms with Crippen molar-refractivity contribution in [3.8, 4) is 17.0 Å². The molecule has 0 bridgehead atoms. The summed E-state index contributed by atoms with van der Waals surface area (Å²) in [5, 5.41) is 0. The number of hydrogen-bond donors (Lipinski definition) is 0. The van der Waals surface area contributed by atoms with Gasteiger partial charge in [-0.05, 0) is 31.2 Å². The van der Waals surface area contributed by atoms with Crippen LogP contribution in [0, 0.1) is 12.7 Å². The van der Waals surface area contributed by atoms with Gasteiger partial charge in [0.1, 0.15) is 0 Å². The van der Waals surface area contributed by atoms with E-state index in [0.717, 1.165) is 12.1 Å². The zero-order valence-electron chi connectivity index (χ0n) is 13.7. The molecule has 0 aliphatic carbocycles. The fourth-order valence-electron chi connectivity index (χ4n) is 2.36. The SMILES string of the molecule is Cc1ncc(-c2ccc(F)c(OC(F)F)c2)nc1CN1CC=COC1=O. The summed E-state index contributed by atoms with van der Waals surface area (Å²) < 4.78 is 47.3. The number of halogens is 3. The summed E-state index contributed by atoms with van der Waals surface area (Å²) in [5.74, 6) is -1.48. The third-order valence-corrected chi connectivity index (χ3v) is 3.69. The van der Waals surface area contributed by atoms with E-state index < -0.39 is 24.3 Å². The lowest BCUT2D eigenvalue weighted by Crippen LogP contribution is -2.33. The zero-order valence-corrected chi connectivity index (χ0v) is 13.7. The smallest absolute Gasteiger partial charge is 0.415 e. The normalized spacial score (nSPS) is 13.9. The fourth-order valence-corrected chi connectivity index (χ4v) is 2.36. The molecule has 2 heterocycles. The largest absolute Gasteiger partial charge is 0.432 e. The van der Waals surface area contributed by atoms with Crippen LogP contribution in [0.4, 0.5) is 18.0 Å². The molecular weight excluding hydrogens is 351 g/mol. The summed E-state index contributed by atoms with van der Waals surface area (Å²) >= 11 is 0. The number of alkyl halides is 2. The van der Waals surface area contributed by atoms with E-state index in [1.165, 1.54) is 23.4 Å². The third-order valence-electron chi connectivity index (χ3n) is 3.69. The van der Waals surface area contributed by atoms with Gasteiger partial charge < -0.3 is 9.47 Å². The van der Waals surface area contributed by atoms with Crippen molar-refractivity contribution in [2.75, 3.05) is 6.54 Å². The van der Waals surface area contributed by atoms with Crippen LogP contribution in [0.1, 0.15) is 11.4 Å². The first-order valence-electron chi connectivity index (χ1n) is 7.62. The van der Waals surface area contributed by atoms with Gasteiger partial charge in [-0.3, -0.25) is 9.88 Å². The topological polar surface area (TPSA) is 64.6 Å². The van der Waals surface area contributed by atoms with E-state index in [-0.39, 0.29) is 6.54 Å². The molecule has 9 heteroatoms. The highest BCUT2D eigenvalue weighted by Gasteiger charge is 2.19. The number of rotatable bonds is 5. The lowest BCUT2D eigenvalue weighted by Gasteiger charge is -2.22. The molecule has 0 atom stereocenters. The molecule has 0 radical (unpaired) electrons. The number of ether oxygens (including phenoxy) is 2. The van der Waals surface area contributed by atoms with Crippen molar-refractivity contribution in [2.45, 2.75) is 20.1 Å². The van der Waals surface area contributed by atoms with Gasteiger partial charge in [-0.1, -0.05) is 0 Å². The van der Waals surface area contributed by atoms with Crippen LogP contribution < -0.4 is 4.74 Å². The van der Waals surface area contributed by atoms with Crippen LogP contribution in [0.3, 0.4) is 0 Å². The number of aromatic nitrogens is 2. The summed E-state index contributed by atoms with van der Waals surface area (Å²) in [7, 11) is 0. The Labute approximate surface area is 146 Å². The maximum atomic E-state index is 13.6. The zero-order chi connectivity index (χ0) is 18.7. The van der Waals surface area contributed by atoms with Gasteiger partial charge in [-0.15, -0.1) is 0 Å². The van der Waals surface area contributed by atoms with Gasteiger partial charge in [0.2, 0.25) is 0 Å². The Kier molecular flexibility index (Phi) is 5.06. The quantitative estimate of drug-likeness (QED) is 0.809. The summed E-state index contributed by atoms with van der Waals surface area (Å²) in [6.07, 6.45) is 3.93. The standard InChI is InChI=1S/C17H14F3N3O3/c1-10-14(9-23-5-2-6-25-17(23)24)22-13(8-21-10)11-3-4-12(18)15(7-11)26-16(19)20/h2-4,6-8,16H,5,9H2,1H3. The third kappa shape index (κ3) is 3.93. The van der Waals surface area contributed by atoms with Crippen LogP contribution in [0.5, 0.6) is 5.75 Å². The van der Waals surface area contributed by atoms with Gasteiger partial charge in [0.15, 0.2) is 11.6 Å². The Morgan fingerprint density at radius 2 is 2.19 bits per heavy atom. The van der Waals surface area contributed by atoms with Crippen LogP contribution in [-0.4, -0.2) is 34.1 Å². The molecule has 0 saturated carbocycles. The molecule has 0 spiro atoms. The second-order valence-electron chi connectivity index (χ2n) is 5.45. The monoisotopic (exact) mass is 365 g/mol. The van der Waals surface area contributed by atoms with Gasteiger partial charge in [0, 0.05) is 12.1 Å². The number of nitrogens with zero attached hydrogens (tertiary/aromatic N) is 3. The van der Waals surface area contributed by atoms with Gasteiger partial charge in [0.25, 0.3) is 0 Å². The minimum absolute atomic E-state index is 0.164. The molecule has 1 aromatic heterocycles. The van der Waals surface area contributed by atoms with Crippen LogP contribution in [0.2, 0.25) is 0 Å². The van der Waals surface area contributed by atoms with Gasteiger partial charge >= 0.3 is 12.7 Å². The molecule has 0 saturated heterocycles. The Hall–Kier alpha value is -3.10. The molecule has 0 unspecified atom stereocenters. The molecular formula is C17H14F3N3O3. The molecule has 26 heavy (non-hydrogen) atoms. The lowest BCUT2D eigenvalue weighted by molar-refractivity contribution is -0.0521. The van der Waals surface area contributed by atoms with Crippen molar-refractivity contribution in [1.29, 1.82) is 0 Å². The maximum absolute atomic E-state index is 13.6. The first kappa shape index (κ1) is 17.7. The number of carbonyl (C=O) groups is 1. The van der Waals surface area contributed by atoms with Crippen molar-refractivity contribution < 1.29 is 27.4 Å². The predicted octanol–water partition coefficient (Wildman–Crippen LogP) is 3.66. The fraction of sp³-hybridized carbons (Fsp3) is 0.235. The van der Waals surface area contributed by atoms with Gasteiger partial charge in [0.05, 0.1) is 36.1 Å². The molecule has 1 amide bonds. The predicted molar refractivity (Wildman–Crippen MR) is 84.8 cm³/mol. The minimum atomic E-state index is -3.14. The summed E-state index contributed by atoms with van der Waals surface area (Å²) in [4.78, 5) is 21.8. The van der Waals surface area contributed by atoms with Gasteiger partial charge in [-0.25, -0.2) is 14.2 Å². The number of carbonyl (C=O) groups excluding carboxylic acids is 1.